The first kappa shape index (κ1) is 17.4. The smallest absolute Gasteiger partial charge is 0.228 e. The topological polar surface area (TPSA) is 85.5 Å². The van der Waals surface area contributed by atoms with Crippen molar-refractivity contribution in [3.63, 3.8) is 0 Å². The maximum atomic E-state index is 10.0. The molecule has 0 radical (unpaired) electrons. The first-order valence-corrected chi connectivity index (χ1v) is 9.74. The van der Waals surface area contributed by atoms with Crippen molar-refractivity contribution in [2.45, 2.75) is 18.9 Å². The summed E-state index contributed by atoms with van der Waals surface area (Å²) in [7, 11) is 0. The van der Waals surface area contributed by atoms with Crippen LogP contribution in [0, 0.1) is 0 Å². The van der Waals surface area contributed by atoms with Gasteiger partial charge in [-0.15, -0.1) is 0 Å². The number of ether oxygens (including phenoxy) is 2. The van der Waals surface area contributed by atoms with E-state index in [4.69, 9.17) is 19.4 Å². The standard InChI is InChI=1S/C20H23N5O3/c26-16-3-1-2-14(12-16)17-18-19(21-13-25(18)15-4-8-27-9-5-15)23-20(22-17)24-6-10-28-11-7-24/h1-3,12-13,15,26H,4-11H2. The highest BCUT2D eigenvalue weighted by atomic mass is 16.5. The Morgan fingerprint density at radius 1 is 1.00 bits per heavy atom. The highest BCUT2D eigenvalue weighted by molar-refractivity contribution is 5.89. The predicted octanol–water partition coefficient (Wildman–Crippen LogP) is 2.39. The van der Waals surface area contributed by atoms with Crippen LogP contribution in [0.25, 0.3) is 22.4 Å². The van der Waals surface area contributed by atoms with Crippen molar-refractivity contribution >= 4 is 17.1 Å². The molecule has 4 heterocycles. The molecule has 2 aliphatic heterocycles. The van der Waals surface area contributed by atoms with Gasteiger partial charge in [-0.25, -0.2) is 9.97 Å². The molecule has 0 saturated carbocycles. The van der Waals surface area contributed by atoms with Crippen molar-refractivity contribution in [2.24, 2.45) is 0 Å². The summed E-state index contributed by atoms with van der Waals surface area (Å²) in [5.41, 5.74) is 3.25. The highest BCUT2D eigenvalue weighted by Gasteiger charge is 2.24. The van der Waals surface area contributed by atoms with Crippen LogP contribution in [-0.2, 0) is 9.47 Å². The fraction of sp³-hybridized carbons (Fsp3) is 0.450. The number of hydrogen-bond donors (Lipinski definition) is 1. The zero-order valence-electron chi connectivity index (χ0n) is 15.6. The minimum atomic E-state index is 0.217. The molecule has 1 N–H and O–H groups in total. The van der Waals surface area contributed by atoms with Crippen LogP contribution in [0.15, 0.2) is 30.6 Å². The number of phenols is 1. The van der Waals surface area contributed by atoms with E-state index in [0.29, 0.717) is 30.9 Å². The van der Waals surface area contributed by atoms with E-state index in [1.807, 2.05) is 18.5 Å². The first-order chi connectivity index (χ1) is 13.8. The third-order valence-electron chi connectivity index (χ3n) is 5.41. The van der Waals surface area contributed by atoms with Crippen molar-refractivity contribution in [2.75, 3.05) is 44.4 Å². The van der Waals surface area contributed by atoms with Crippen LogP contribution in [-0.4, -0.2) is 64.1 Å². The van der Waals surface area contributed by atoms with Crippen LogP contribution < -0.4 is 4.90 Å². The summed E-state index contributed by atoms with van der Waals surface area (Å²) in [6, 6.07) is 7.52. The van der Waals surface area contributed by atoms with Crippen molar-refractivity contribution < 1.29 is 14.6 Å². The number of morpholine rings is 1. The lowest BCUT2D eigenvalue weighted by molar-refractivity contribution is 0.0706. The van der Waals surface area contributed by atoms with Crippen molar-refractivity contribution in [1.82, 2.24) is 19.5 Å². The summed E-state index contributed by atoms with van der Waals surface area (Å²) in [5.74, 6) is 0.876. The van der Waals surface area contributed by atoms with E-state index in [2.05, 4.69) is 14.5 Å². The number of hydrogen-bond acceptors (Lipinski definition) is 7. The van der Waals surface area contributed by atoms with Gasteiger partial charge in [-0.1, -0.05) is 12.1 Å². The molecule has 8 nitrogen and oxygen atoms in total. The molecule has 3 aromatic rings. The first-order valence-electron chi connectivity index (χ1n) is 9.74. The fourth-order valence-electron chi connectivity index (χ4n) is 3.93. The molecule has 0 amide bonds. The molecule has 2 aromatic heterocycles. The summed E-state index contributed by atoms with van der Waals surface area (Å²) in [6.07, 6.45) is 3.75. The third kappa shape index (κ3) is 3.18. The lowest BCUT2D eigenvalue weighted by Gasteiger charge is -2.27. The van der Waals surface area contributed by atoms with Crippen LogP contribution in [0.1, 0.15) is 18.9 Å². The van der Waals surface area contributed by atoms with Gasteiger partial charge in [0.1, 0.15) is 17.0 Å². The van der Waals surface area contributed by atoms with Gasteiger partial charge >= 0.3 is 0 Å². The minimum Gasteiger partial charge on any atom is -0.508 e. The molecule has 2 aliphatic rings. The van der Waals surface area contributed by atoms with E-state index in [0.717, 1.165) is 55.9 Å². The lowest BCUT2D eigenvalue weighted by Crippen LogP contribution is -2.37. The summed E-state index contributed by atoms with van der Waals surface area (Å²) in [6.45, 7) is 4.34. The molecule has 146 valence electrons. The zero-order valence-corrected chi connectivity index (χ0v) is 15.6. The second-order valence-electron chi connectivity index (χ2n) is 7.19. The number of phenolic OH excluding ortho intramolecular Hbond substituents is 1. The van der Waals surface area contributed by atoms with Crippen LogP contribution in [0.4, 0.5) is 5.95 Å². The van der Waals surface area contributed by atoms with E-state index in [1.165, 1.54) is 0 Å². The predicted molar refractivity (Wildman–Crippen MR) is 105 cm³/mol. The molecule has 2 saturated heterocycles. The summed E-state index contributed by atoms with van der Waals surface area (Å²) in [4.78, 5) is 16.4. The number of nitrogens with zero attached hydrogens (tertiary/aromatic N) is 5. The molecule has 1 aromatic carbocycles. The van der Waals surface area contributed by atoms with Gasteiger partial charge in [0.2, 0.25) is 5.95 Å². The Kier molecular flexibility index (Phi) is 4.58. The molecule has 0 spiro atoms. The Morgan fingerprint density at radius 3 is 2.57 bits per heavy atom. The summed E-state index contributed by atoms with van der Waals surface area (Å²) < 4.78 is 13.2. The maximum absolute atomic E-state index is 10.0. The highest BCUT2D eigenvalue weighted by Crippen LogP contribution is 2.33. The van der Waals surface area contributed by atoms with E-state index < -0.39 is 0 Å². The minimum absolute atomic E-state index is 0.217. The van der Waals surface area contributed by atoms with Crippen LogP contribution in [0.3, 0.4) is 0 Å². The van der Waals surface area contributed by atoms with E-state index in [-0.39, 0.29) is 5.75 Å². The summed E-state index contributed by atoms with van der Waals surface area (Å²) >= 11 is 0. The molecule has 8 heteroatoms. The fourth-order valence-corrected chi connectivity index (χ4v) is 3.93. The Morgan fingerprint density at radius 2 is 1.79 bits per heavy atom. The van der Waals surface area contributed by atoms with Gasteiger partial charge in [0, 0.05) is 37.9 Å². The van der Waals surface area contributed by atoms with Crippen LogP contribution in [0.2, 0.25) is 0 Å². The molecule has 0 unspecified atom stereocenters. The van der Waals surface area contributed by atoms with E-state index in [1.54, 1.807) is 12.1 Å². The van der Waals surface area contributed by atoms with Gasteiger partial charge < -0.3 is 24.0 Å². The average Bonchev–Trinajstić information content (AvgIpc) is 3.18. The number of aromatic hydroxyl groups is 1. The molecule has 5 rings (SSSR count). The normalized spacial score (nSPS) is 18.6. The van der Waals surface area contributed by atoms with Gasteiger partial charge in [0.05, 0.1) is 19.5 Å². The van der Waals surface area contributed by atoms with Gasteiger partial charge in [-0.3, -0.25) is 0 Å². The van der Waals surface area contributed by atoms with Gasteiger partial charge in [0.15, 0.2) is 5.65 Å². The Labute approximate surface area is 162 Å². The zero-order chi connectivity index (χ0) is 18.9. The lowest BCUT2D eigenvalue weighted by atomic mass is 10.1. The number of rotatable bonds is 3. The van der Waals surface area contributed by atoms with Crippen LogP contribution in [0.5, 0.6) is 5.75 Å². The van der Waals surface area contributed by atoms with Crippen molar-refractivity contribution in [3.05, 3.63) is 30.6 Å². The van der Waals surface area contributed by atoms with Crippen molar-refractivity contribution in [1.29, 1.82) is 0 Å². The maximum Gasteiger partial charge on any atom is 0.228 e. The van der Waals surface area contributed by atoms with Crippen molar-refractivity contribution in [3.8, 4) is 17.0 Å². The van der Waals surface area contributed by atoms with E-state index >= 15 is 0 Å². The number of benzene rings is 1. The largest absolute Gasteiger partial charge is 0.508 e. The SMILES string of the molecule is Oc1cccc(-c2nc(N3CCOCC3)nc3ncn(C4CCOCC4)c23)c1. The third-order valence-corrected chi connectivity index (χ3v) is 5.41. The Hall–Kier alpha value is -2.71. The number of imidazole rings is 1. The number of aromatic nitrogens is 4. The molecular weight excluding hydrogens is 358 g/mol. The number of anilines is 1. The van der Waals surface area contributed by atoms with Gasteiger partial charge in [-0.05, 0) is 25.0 Å². The molecule has 0 bridgehead atoms. The van der Waals surface area contributed by atoms with E-state index in [9.17, 15) is 5.11 Å². The molecular formula is C20H23N5O3. The Balaban J connectivity index is 1.68. The molecule has 0 atom stereocenters. The monoisotopic (exact) mass is 381 g/mol. The number of fused-ring (bicyclic) bond motifs is 1. The van der Waals surface area contributed by atoms with Gasteiger partial charge in [0.25, 0.3) is 0 Å². The molecule has 28 heavy (non-hydrogen) atoms. The molecule has 0 aliphatic carbocycles. The Bertz CT molecular complexity index is 977. The van der Waals surface area contributed by atoms with Gasteiger partial charge in [-0.2, -0.15) is 4.98 Å². The second-order valence-corrected chi connectivity index (χ2v) is 7.19. The average molecular weight is 381 g/mol. The quantitative estimate of drug-likeness (QED) is 0.745. The second kappa shape index (κ2) is 7.37. The molecule has 2 fully saturated rings. The van der Waals surface area contributed by atoms with Crippen LogP contribution >= 0.6 is 0 Å². The summed E-state index contributed by atoms with van der Waals surface area (Å²) in [5, 5.41) is 10.0.